The number of halogens is 1. The third-order valence-electron chi connectivity index (χ3n) is 0. The SMILES string of the molecule is C[Si-](C)(C)Cl. The Morgan fingerprint density at radius 3 is 1.20 bits per heavy atom. The smallest absolute Gasteiger partial charge is 0.0589 e. The molecule has 0 atom stereocenters. The van der Waals surface area contributed by atoms with E-state index in [1.807, 2.05) is 0 Å². The quantitative estimate of drug-likeness (QED) is 0.329. The van der Waals surface area contributed by atoms with E-state index in [1.165, 1.54) is 0 Å². The molecule has 0 bridgehead atoms. The van der Waals surface area contributed by atoms with Crippen LogP contribution >= 0.6 is 11.1 Å². The summed E-state index contributed by atoms with van der Waals surface area (Å²) in [6.07, 6.45) is 0. The Morgan fingerprint density at radius 2 is 1.20 bits per heavy atom. The molecule has 0 aromatic carbocycles. The lowest BCUT2D eigenvalue weighted by Crippen LogP contribution is -2.06. The van der Waals surface area contributed by atoms with E-state index < -0.39 is 7.38 Å². The minimum atomic E-state index is -1.14. The summed E-state index contributed by atoms with van der Waals surface area (Å²) >= 11 is 5.67. The van der Waals surface area contributed by atoms with Crippen molar-refractivity contribution in [1.82, 2.24) is 0 Å². The van der Waals surface area contributed by atoms with Crippen molar-refractivity contribution in [3.05, 3.63) is 0 Å². The second-order valence-electron chi connectivity index (χ2n) is 2.07. The third-order valence-corrected chi connectivity index (χ3v) is 0. The summed E-state index contributed by atoms with van der Waals surface area (Å²) in [6.45, 7) is 6.28. The van der Waals surface area contributed by atoms with Crippen LogP contribution in [0, 0.1) is 0 Å². The Morgan fingerprint density at radius 1 is 1.20 bits per heavy atom. The molecule has 0 radical (unpaired) electrons. The van der Waals surface area contributed by atoms with Gasteiger partial charge in [0.1, 0.15) is 0 Å². The fourth-order valence-corrected chi connectivity index (χ4v) is 0. The van der Waals surface area contributed by atoms with Gasteiger partial charge in [0.05, 0.1) is 0 Å². The van der Waals surface area contributed by atoms with Crippen molar-refractivity contribution in [3.63, 3.8) is 0 Å². The van der Waals surface area contributed by atoms with Gasteiger partial charge < -0.3 is 11.1 Å². The number of hydrogen-bond donors (Lipinski definition) is 0. The molecule has 0 saturated carbocycles. The summed E-state index contributed by atoms with van der Waals surface area (Å²) < 4.78 is 0. The summed E-state index contributed by atoms with van der Waals surface area (Å²) in [4.78, 5) is 0. The van der Waals surface area contributed by atoms with E-state index in [4.69, 9.17) is 11.1 Å². The maximum Gasteiger partial charge on any atom is -0.0589 e. The zero-order chi connectivity index (χ0) is 4.50. The van der Waals surface area contributed by atoms with Gasteiger partial charge in [-0.15, -0.1) is 0 Å². The largest absolute Gasteiger partial charge is 0.356 e. The van der Waals surface area contributed by atoms with Crippen LogP contribution in [0.2, 0.25) is 19.6 Å². The summed E-state index contributed by atoms with van der Waals surface area (Å²) in [5.41, 5.74) is 0. The van der Waals surface area contributed by atoms with Gasteiger partial charge in [-0.2, -0.15) is 19.6 Å². The van der Waals surface area contributed by atoms with E-state index in [0.29, 0.717) is 0 Å². The molecular weight excluding hydrogens is 99.6 g/mol. The third kappa shape index (κ3) is 110. The Bertz CT molecular complexity index is 22.4. The first-order chi connectivity index (χ1) is 2.00. The predicted molar refractivity (Wildman–Crippen MR) is 29.2 cm³/mol. The second-order valence-corrected chi connectivity index (χ2v) is 9.60. The van der Waals surface area contributed by atoms with Gasteiger partial charge in [0.2, 0.25) is 0 Å². The van der Waals surface area contributed by atoms with Crippen LogP contribution in [-0.2, 0) is 0 Å². The Kier molecular flexibility index (Phi) is 1.44. The fraction of sp³-hybridized carbons (Fsp3) is 1.00. The summed E-state index contributed by atoms with van der Waals surface area (Å²) in [7, 11) is -1.14. The lowest BCUT2D eigenvalue weighted by atomic mass is 11.8. The molecule has 5 heavy (non-hydrogen) atoms. The van der Waals surface area contributed by atoms with E-state index in [-0.39, 0.29) is 0 Å². The first kappa shape index (κ1) is 5.51. The van der Waals surface area contributed by atoms with Crippen LogP contribution in [0.4, 0.5) is 0 Å². The molecule has 33 valence electrons. The van der Waals surface area contributed by atoms with Crippen LogP contribution < -0.4 is 0 Å². The summed E-state index contributed by atoms with van der Waals surface area (Å²) in [5, 5.41) is 0. The highest BCUT2D eigenvalue weighted by Gasteiger charge is 1.87. The maximum atomic E-state index is 5.67. The van der Waals surface area contributed by atoms with Gasteiger partial charge in [-0.1, -0.05) is 7.38 Å². The molecule has 2 heteroatoms. The van der Waals surface area contributed by atoms with Gasteiger partial charge in [-0.3, -0.25) is 0 Å². The Balaban J connectivity index is 3.02. The van der Waals surface area contributed by atoms with E-state index in [0.717, 1.165) is 0 Å². The minimum absolute atomic E-state index is 1.14. The molecule has 0 rings (SSSR count). The molecule has 0 unspecified atom stereocenters. The first-order valence-electron chi connectivity index (χ1n) is 1.69. The van der Waals surface area contributed by atoms with Crippen molar-refractivity contribution >= 4 is 18.5 Å². The normalized spacial score (nSPS) is 12.0. The van der Waals surface area contributed by atoms with Crippen LogP contribution in [0.1, 0.15) is 0 Å². The van der Waals surface area contributed by atoms with Gasteiger partial charge in [-0.05, 0) is 0 Å². The van der Waals surface area contributed by atoms with Crippen molar-refractivity contribution in [1.29, 1.82) is 0 Å². The average molecular weight is 109 g/mol. The highest BCUT2D eigenvalue weighted by molar-refractivity contribution is 7.18. The van der Waals surface area contributed by atoms with E-state index in [9.17, 15) is 0 Å². The molecule has 0 aliphatic heterocycles. The molecule has 0 spiro atoms. The van der Waals surface area contributed by atoms with E-state index >= 15 is 0 Å². The molecule has 0 aromatic rings. The summed E-state index contributed by atoms with van der Waals surface area (Å²) in [5.74, 6) is 0. The van der Waals surface area contributed by atoms with Crippen LogP contribution in [0.5, 0.6) is 0 Å². The van der Waals surface area contributed by atoms with Gasteiger partial charge in [-0.25, -0.2) is 0 Å². The maximum absolute atomic E-state index is 5.67. The molecule has 0 saturated heterocycles. The second kappa shape index (κ2) is 1.31. The Hall–Kier alpha value is 0.507. The molecular formula is C3H9ClSi-. The molecule has 0 aliphatic carbocycles. The van der Waals surface area contributed by atoms with Gasteiger partial charge in [0.25, 0.3) is 0 Å². The zero-order valence-corrected chi connectivity index (χ0v) is 5.63. The first-order valence-corrected chi connectivity index (χ1v) is 6.20. The molecule has 0 N–H and O–H groups in total. The fourth-order valence-electron chi connectivity index (χ4n) is 0. The average Bonchev–Trinajstić information content (AvgIpc) is 0.722. The zero-order valence-electron chi connectivity index (χ0n) is 3.88. The van der Waals surface area contributed by atoms with Crippen molar-refractivity contribution in [2.75, 3.05) is 0 Å². The van der Waals surface area contributed by atoms with Crippen molar-refractivity contribution in [2.45, 2.75) is 19.6 Å². The van der Waals surface area contributed by atoms with E-state index in [2.05, 4.69) is 19.6 Å². The van der Waals surface area contributed by atoms with Crippen LogP contribution in [0.15, 0.2) is 0 Å². The van der Waals surface area contributed by atoms with Crippen LogP contribution in [0.25, 0.3) is 0 Å². The number of rotatable bonds is 0. The molecule has 0 aliphatic rings. The molecule has 0 amide bonds. The van der Waals surface area contributed by atoms with Gasteiger partial charge >= 0.3 is 0 Å². The van der Waals surface area contributed by atoms with Crippen molar-refractivity contribution in [3.8, 4) is 0 Å². The Labute approximate surface area is 38.9 Å². The van der Waals surface area contributed by atoms with Crippen molar-refractivity contribution in [2.24, 2.45) is 0 Å². The minimum Gasteiger partial charge on any atom is -0.356 e. The molecule has 0 nitrogen and oxygen atoms in total. The van der Waals surface area contributed by atoms with Crippen LogP contribution in [0.3, 0.4) is 0 Å². The highest BCUT2D eigenvalue weighted by Crippen LogP contribution is 2.03. The van der Waals surface area contributed by atoms with Gasteiger partial charge in [0, 0.05) is 0 Å². The predicted octanol–water partition coefficient (Wildman–Crippen LogP) is 2.06. The molecule has 0 fully saturated rings. The number of hydrogen-bond acceptors (Lipinski definition) is 0. The van der Waals surface area contributed by atoms with Crippen LogP contribution in [-0.4, -0.2) is 7.38 Å². The van der Waals surface area contributed by atoms with Gasteiger partial charge in [0.15, 0.2) is 0 Å². The molecule has 0 aromatic heterocycles. The lowest BCUT2D eigenvalue weighted by molar-refractivity contribution is 1.87. The monoisotopic (exact) mass is 108 g/mol. The summed E-state index contributed by atoms with van der Waals surface area (Å²) in [6, 6.07) is 0. The topological polar surface area (TPSA) is 0 Å². The highest BCUT2D eigenvalue weighted by atomic mass is 35.6. The van der Waals surface area contributed by atoms with E-state index in [1.54, 1.807) is 0 Å². The standard InChI is InChI=1S/C3H9ClSi/c1-5(2,3)4/h1-3H3/q-1. The lowest BCUT2D eigenvalue weighted by Gasteiger charge is -2.13. The molecule has 0 heterocycles. The van der Waals surface area contributed by atoms with Crippen molar-refractivity contribution < 1.29 is 0 Å².